The van der Waals surface area contributed by atoms with Gasteiger partial charge in [0.1, 0.15) is 10.8 Å². The van der Waals surface area contributed by atoms with Gasteiger partial charge in [-0.05, 0) is 30.3 Å². The highest BCUT2D eigenvalue weighted by Crippen LogP contribution is 2.23. The molecular weight excluding hydrogens is 283 g/mol. The van der Waals surface area contributed by atoms with E-state index >= 15 is 0 Å². The number of rotatable bonds is 3. The minimum atomic E-state index is -0.410. The molecule has 96 valence electrons. The summed E-state index contributed by atoms with van der Waals surface area (Å²) in [4.78, 5) is 4.52. The Morgan fingerprint density at radius 2 is 2.05 bits per heavy atom. The average Bonchev–Trinajstić information content (AvgIpc) is 2.83. The molecule has 0 aliphatic rings. The fourth-order valence-electron chi connectivity index (χ4n) is 1.78. The van der Waals surface area contributed by atoms with E-state index in [1.165, 1.54) is 6.07 Å². The average molecular weight is 293 g/mol. The first-order valence-corrected chi connectivity index (χ1v) is 6.95. The Morgan fingerprint density at radius 3 is 2.84 bits per heavy atom. The minimum Gasteiger partial charge on any atom is -0.378 e. The van der Waals surface area contributed by atoms with E-state index in [-0.39, 0.29) is 5.02 Å². The van der Waals surface area contributed by atoms with Gasteiger partial charge in [-0.25, -0.2) is 9.37 Å². The maximum absolute atomic E-state index is 13.0. The molecular formula is C14H10ClFN2S. The van der Waals surface area contributed by atoms with Gasteiger partial charge in [0.25, 0.3) is 0 Å². The molecule has 2 nitrogen and oxygen atoms in total. The first-order valence-electron chi connectivity index (χ1n) is 5.76. The number of hydrogen-bond acceptors (Lipinski definition) is 3. The maximum Gasteiger partial charge on any atom is 0.141 e. The summed E-state index contributed by atoms with van der Waals surface area (Å²) in [5.74, 6) is -0.410. The molecule has 0 spiro atoms. The van der Waals surface area contributed by atoms with Crippen LogP contribution < -0.4 is 5.32 Å². The summed E-state index contributed by atoms with van der Waals surface area (Å²) >= 11 is 7.37. The molecule has 0 unspecified atom stereocenters. The number of halogens is 2. The van der Waals surface area contributed by atoms with Crippen molar-refractivity contribution in [3.8, 4) is 0 Å². The number of anilines is 1. The molecule has 0 amide bonds. The van der Waals surface area contributed by atoms with Crippen LogP contribution in [0, 0.1) is 5.82 Å². The van der Waals surface area contributed by atoms with Crippen LogP contribution in [0.25, 0.3) is 10.2 Å². The third-order valence-electron chi connectivity index (χ3n) is 2.70. The van der Waals surface area contributed by atoms with E-state index in [1.807, 2.05) is 24.3 Å². The highest BCUT2D eigenvalue weighted by molar-refractivity contribution is 7.18. The lowest BCUT2D eigenvalue weighted by atomic mass is 10.3. The minimum absolute atomic E-state index is 0.120. The number of aromatic nitrogens is 1. The normalized spacial score (nSPS) is 10.8. The summed E-state index contributed by atoms with van der Waals surface area (Å²) in [5.41, 5.74) is 1.78. The van der Waals surface area contributed by atoms with Crippen molar-refractivity contribution in [2.24, 2.45) is 0 Å². The predicted molar refractivity (Wildman–Crippen MR) is 78.4 cm³/mol. The monoisotopic (exact) mass is 292 g/mol. The maximum atomic E-state index is 13.0. The van der Waals surface area contributed by atoms with E-state index in [2.05, 4.69) is 10.3 Å². The summed E-state index contributed by atoms with van der Waals surface area (Å²) in [5, 5.41) is 4.29. The summed E-state index contributed by atoms with van der Waals surface area (Å²) in [6.07, 6.45) is 0. The van der Waals surface area contributed by atoms with Gasteiger partial charge < -0.3 is 5.32 Å². The molecule has 0 aliphatic heterocycles. The highest BCUT2D eigenvalue weighted by atomic mass is 35.5. The van der Waals surface area contributed by atoms with Crippen molar-refractivity contribution in [3.05, 3.63) is 58.3 Å². The van der Waals surface area contributed by atoms with Gasteiger partial charge in [0.2, 0.25) is 0 Å². The molecule has 0 bridgehead atoms. The van der Waals surface area contributed by atoms with Crippen molar-refractivity contribution in [1.29, 1.82) is 0 Å². The van der Waals surface area contributed by atoms with E-state index in [4.69, 9.17) is 11.6 Å². The molecule has 0 saturated heterocycles. The number of para-hydroxylation sites is 1. The van der Waals surface area contributed by atoms with Crippen LogP contribution in [0.1, 0.15) is 5.01 Å². The Kier molecular flexibility index (Phi) is 3.36. The molecule has 19 heavy (non-hydrogen) atoms. The molecule has 1 aromatic heterocycles. The zero-order valence-electron chi connectivity index (χ0n) is 9.86. The van der Waals surface area contributed by atoms with Crippen LogP contribution in [-0.2, 0) is 6.54 Å². The topological polar surface area (TPSA) is 24.9 Å². The molecule has 5 heteroatoms. The van der Waals surface area contributed by atoms with Crippen molar-refractivity contribution in [3.63, 3.8) is 0 Å². The van der Waals surface area contributed by atoms with Crippen molar-refractivity contribution >= 4 is 38.8 Å². The Labute approximate surface area is 118 Å². The summed E-state index contributed by atoms with van der Waals surface area (Å²) in [6, 6.07) is 12.6. The molecule has 0 aliphatic carbocycles. The van der Waals surface area contributed by atoms with Crippen LogP contribution >= 0.6 is 22.9 Å². The molecule has 0 fully saturated rings. The first kappa shape index (κ1) is 12.4. The Balaban J connectivity index is 1.76. The summed E-state index contributed by atoms with van der Waals surface area (Å²) in [6.45, 7) is 0.599. The lowest BCUT2D eigenvalue weighted by molar-refractivity contribution is 0.628. The van der Waals surface area contributed by atoms with Crippen molar-refractivity contribution < 1.29 is 4.39 Å². The molecule has 3 rings (SSSR count). The number of benzene rings is 2. The largest absolute Gasteiger partial charge is 0.378 e. The Hall–Kier alpha value is -1.65. The van der Waals surface area contributed by atoms with Crippen LogP contribution in [0.4, 0.5) is 10.1 Å². The second kappa shape index (κ2) is 5.15. The summed E-state index contributed by atoms with van der Waals surface area (Å²) in [7, 11) is 0. The highest BCUT2D eigenvalue weighted by Gasteiger charge is 2.04. The lowest BCUT2D eigenvalue weighted by Gasteiger charge is -2.04. The molecule has 0 radical (unpaired) electrons. The third kappa shape index (κ3) is 2.69. The predicted octanol–water partition coefficient (Wildman–Crippen LogP) is 4.70. The zero-order chi connectivity index (χ0) is 13.2. The van der Waals surface area contributed by atoms with E-state index in [9.17, 15) is 4.39 Å². The van der Waals surface area contributed by atoms with Crippen LogP contribution in [0.5, 0.6) is 0 Å². The first-order chi connectivity index (χ1) is 9.22. The molecule has 2 aromatic carbocycles. The third-order valence-corrected chi connectivity index (χ3v) is 4.03. The quantitative estimate of drug-likeness (QED) is 0.757. The second-order valence-electron chi connectivity index (χ2n) is 4.06. The lowest BCUT2D eigenvalue weighted by Crippen LogP contribution is -1.98. The van der Waals surface area contributed by atoms with E-state index in [0.717, 1.165) is 20.9 Å². The summed E-state index contributed by atoms with van der Waals surface area (Å²) < 4.78 is 14.2. The van der Waals surface area contributed by atoms with Crippen LogP contribution in [0.15, 0.2) is 42.5 Å². The molecule has 0 atom stereocenters. The van der Waals surface area contributed by atoms with Crippen LogP contribution in [-0.4, -0.2) is 4.98 Å². The van der Waals surface area contributed by atoms with Gasteiger partial charge in [0.15, 0.2) is 0 Å². The molecule has 1 N–H and O–H groups in total. The number of nitrogens with one attached hydrogen (secondary N) is 1. The SMILES string of the molecule is Fc1ccc(NCc2nc3ccccc3s2)cc1Cl. The van der Waals surface area contributed by atoms with Gasteiger partial charge in [0, 0.05) is 5.69 Å². The number of thiazole rings is 1. The van der Waals surface area contributed by atoms with Gasteiger partial charge in [-0.1, -0.05) is 23.7 Å². The Bertz CT molecular complexity index is 693. The molecule has 1 heterocycles. The molecule has 0 saturated carbocycles. The van der Waals surface area contributed by atoms with Crippen molar-refractivity contribution in [2.45, 2.75) is 6.54 Å². The smallest absolute Gasteiger partial charge is 0.141 e. The number of hydrogen-bond donors (Lipinski definition) is 1. The standard InChI is InChI=1S/C14H10ClFN2S/c15-10-7-9(5-6-11(10)16)17-8-14-18-12-3-1-2-4-13(12)19-14/h1-7,17H,8H2. The fourth-order valence-corrected chi connectivity index (χ4v) is 2.87. The van der Waals surface area contributed by atoms with E-state index < -0.39 is 5.82 Å². The molecule has 3 aromatic rings. The number of fused-ring (bicyclic) bond motifs is 1. The Morgan fingerprint density at radius 1 is 1.21 bits per heavy atom. The van der Waals surface area contributed by atoms with Gasteiger partial charge in [0.05, 0.1) is 21.8 Å². The fraction of sp³-hybridized carbons (Fsp3) is 0.0714. The van der Waals surface area contributed by atoms with Crippen LogP contribution in [0.3, 0.4) is 0 Å². The van der Waals surface area contributed by atoms with E-state index in [1.54, 1.807) is 23.5 Å². The van der Waals surface area contributed by atoms with Gasteiger partial charge in [-0.3, -0.25) is 0 Å². The van der Waals surface area contributed by atoms with Gasteiger partial charge in [-0.2, -0.15) is 0 Å². The van der Waals surface area contributed by atoms with Crippen molar-refractivity contribution in [1.82, 2.24) is 4.98 Å². The van der Waals surface area contributed by atoms with Crippen molar-refractivity contribution in [2.75, 3.05) is 5.32 Å². The second-order valence-corrected chi connectivity index (χ2v) is 5.58. The van der Waals surface area contributed by atoms with E-state index in [0.29, 0.717) is 6.54 Å². The van der Waals surface area contributed by atoms with Gasteiger partial charge in [-0.15, -0.1) is 11.3 Å². The number of nitrogens with zero attached hydrogens (tertiary/aromatic N) is 1. The zero-order valence-corrected chi connectivity index (χ0v) is 11.4. The van der Waals surface area contributed by atoms with Crippen LogP contribution in [0.2, 0.25) is 5.02 Å². The van der Waals surface area contributed by atoms with Gasteiger partial charge >= 0.3 is 0 Å².